The fraction of sp³-hybridized carbons (Fsp3) is 0.0714. The minimum atomic E-state index is -0.413. The van der Waals surface area contributed by atoms with Crippen LogP contribution in [0.2, 0.25) is 10.0 Å². The van der Waals surface area contributed by atoms with Crippen molar-refractivity contribution in [3.63, 3.8) is 0 Å². The van der Waals surface area contributed by atoms with E-state index in [4.69, 9.17) is 28.5 Å². The van der Waals surface area contributed by atoms with Gasteiger partial charge in [0, 0.05) is 13.2 Å². The highest BCUT2D eigenvalue weighted by Gasteiger charge is 2.12. The summed E-state index contributed by atoms with van der Waals surface area (Å²) in [7, 11) is 1.68. The molecule has 0 saturated carbocycles. The van der Waals surface area contributed by atoms with Crippen LogP contribution in [0.4, 0.5) is 11.5 Å². The Balaban J connectivity index is 2.26. The number of pyridine rings is 1. The first-order chi connectivity index (χ1) is 10.0. The normalized spacial score (nSPS) is 9.81. The van der Waals surface area contributed by atoms with Crippen LogP contribution in [-0.4, -0.2) is 17.9 Å². The maximum atomic E-state index is 12.1. The van der Waals surface area contributed by atoms with E-state index < -0.39 is 5.91 Å². The third-order valence-electron chi connectivity index (χ3n) is 2.68. The van der Waals surface area contributed by atoms with E-state index in [-0.39, 0.29) is 5.56 Å². The van der Waals surface area contributed by atoms with Gasteiger partial charge in [0.2, 0.25) is 0 Å². The summed E-state index contributed by atoms with van der Waals surface area (Å²) in [5, 5.41) is 15.0. The average Bonchev–Trinajstić information content (AvgIpc) is 2.49. The summed E-state index contributed by atoms with van der Waals surface area (Å²) in [4.78, 5) is 16.2. The highest BCUT2D eigenvalue weighted by Crippen LogP contribution is 2.24. The van der Waals surface area contributed by atoms with Gasteiger partial charge < -0.3 is 10.6 Å². The second-order valence-corrected chi connectivity index (χ2v) is 4.88. The molecule has 0 aliphatic carbocycles. The van der Waals surface area contributed by atoms with Gasteiger partial charge >= 0.3 is 0 Å². The number of anilines is 2. The van der Waals surface area contributed by atoms with Crippen molar-refractivity contribution < 1.29 is 4.79 Å². The molecule has 2 N–H and O–H groups in total. The molecule has 0 bridgehead atoms. The third-order valence-corrected chi connectivity index (χ3v) is 3.30. The van der Waals surface area contributed by atoms with Crippen molar-refractivity contribution in [2.24, 2.45) is 0 Å². The van der Waals surface area contributed by atoms with Crippen LogP contribution in [0.5, 0.6) is 0 Å². The van der Waals surface area contributed by atoms with Crippen LogP contribution in [0.25, 0.3) is 0 Å². The largest absolute Gasteiger partial charge is 0.372 e. The van der Waals surface area contributed by atoms with Crippen molar-refractivity contribution in [1.29, 1.82) is 5.26 Å². The van der Waals surface area contributed by atoms with Crippen molar-refractivity contribution in [2.45, 2.75) is 0 Å². The Hall–Kier alpha value is -2.29. The predicted molar refractivity (Wildman–Crippen MR) is 82.9 cm³/mol. The molecule has 0 saturated heterocycles. The van der Waals surface area contributed by atoms with E-state index in [0.29, 0.717) is 27.1 Å². The molecule has 0 radical (unpaired) electrons. The minimum absolute atomic E-state index is 0.289. The highest BCUT2D eigenvalue weighted by atomic mass is 35.5. The third kappa shape index (κ3) is 3.43. The molecule has 21 heavy (non-hydrogen) atoms. The summed E-state index contributed by atoms with van der Waals surface area (Å²) in [6.45, 7) is 0. The molecule has 0 unspecified atom stereocenters. The molecule has 0 fully saturated rings. The number of nitrogens with one attached hydrogen (secondary N) is 2. The summed E-state index contributed by atoms with van der Waals surface area (Å²) in [6.07, 6.45) is 1.40. The van der Waals surface area contributed by atoms with Crippen LogP contribution in [0.1, 0.15) is 15.9 Å². The van der Waals surface area contributed by atoms with Crippen molar-refractivity contribution >= 4 is 40.6 Å². The van der Waals surface area contributed by atoms with Gasteiger partial charge in [0.1, 0.15) is 5.82 Å². The number of hydrogen-bond donors (Lipinski definition) is 2. The van der Waals surface area contributed by atoms with Crippen LogP contribution >= 0.6 is 23.2 Å². The lowest BCUT2D eigenvalue weighted by Gasteiger charge is -2.09. The summed E-state index contributed by atoms with van der Waals surface area (Å²) < 4.78 is 0. The molecule has 0 aliphatic heterocycles. The number of benzene rings is 1. The van der Waals surface area contributed by atoms with Crippen LogP contribution in [0, 0.1) is 11.3 Å². The van der Waals surface area contributed by atoms with Crippen molar-refractivity contribution in [2.75, 3.05) is 17.7 Å². The fourth-order valence-corrected chi connectivity index (χ4v) is 2.06. The second-order valence-electron chi connectivity index (χ2n) is 4.06. The van der Waals surface area contributed by atoms with Gasteiger partial charge in [-0.2, -0.15) is 5.26 Å². The fourth-order valence-electron chi connectivity index (χ4n) is 1.63. The van der Waals surface area contributed by atoms with Gasteiger partial charge in [-0.25, -0.2) is 4.98 Å². The van der Waals surface area contributed by atoms with Gasteiger partial charge in [-0.1, -0.05) is 23.2 Å². The maximum Gasteiger partial charge on any atom is 0.257 e. The van der Waals surface area contributed by atoms with Gasteiger partial charge in [0.05, 0.1) is 32.9 Å². The standard InChI is InChI=1S/C14H10Cl2N4O/c1-18-13-11(16)5-9(7-19-13)14(21)20-12-4-8(6-17)2-3-10(12)15/h2-5,7H,1H3,(H,18,19)(H,20,21). The van der Waals surface area contributed by atoms with Gasteiger partial charge in [0.25, 0.3) is 5.91 Å². The van der Waals surface area contributed by atoms with Crippen LogP contribution in [-0.2, 0) is 0 Å². The lowest BCUT2D eigenvalue weighted by molar-refractivity contribution is 0.102. The number of nitrogens with zero attached hydrogens (tertiary/aromatic N) is 2. The summed E-state index contributed by atoms with van der Waals surface area (Å²) in [5.74, 6) is 0.0711. The summed E-state index contributed by atoms with van der Waals surface area (Å²) in [6, 6.07) is 8.09. The quantitative estimate of drug-likeness (QED) is 0.906. The van der Waals surface area contributed by atoms with E-state index in [1.165, 1.54) is 18.3 Å². The molecular formula is C14H10Cl2N4O. The second kappa shape index (κ2) is 6.44. The van der Waals surface area contributed by atoms with Crippen LogP contribution < -0.4 is 10.6 Å². The van der Waals surface area contributed by atoms with E-state index in [0.717, 1.165) is 0 Å². The molecule has 1 aromatic carbocycles. The number of rotatable bonds is 3. The zero-order valence-corrected chi connectivity index (χ0v) is 12.5. The molecule has 2 rings (SSSR count). The van der Waals surface area contributed by atoms with Crippen molar-refractivity contribution in [3.8, 4) is 6.07 Å². The molecule has 106 valence electrons. The Morgan fingerprint density at radius 3 is 2.67 bits per heavy atom. The Kier molecular flexibility index (Phi) is 4.63. The molecule has 1 amide bonds. The molecule has 0 spiro atoms. The number of amides is 1. The molecule has 1 heterocycles. The van der Waals surface area contributed by atoms with E-state index >= 15 is 0 Å². The molecule has 5 nitrogen and oxygen atoms in total. The van der Waals surface area contributed by atoms with Crippen molar-refractivity contribution in [3.05, 3.63) is 51.6 Å². The molecule has 0 aliphatic rings. The Bertz CT molecular complexity index is 740. The number of carbonyl (C=O) groups excluding carboxylic acids is 1. The smallest absolute Gasteiger partial charge is 0.257 e. The zero-order chi connectivity index (χ0) is 15.4. The number of halogens is 2. The molecule has 0 atom stereocenters. The monoisotopic (exact) mass is 320 g/mol. The number of hydrogen-bond acceptors (Lipinski definition) is 4. The predicted octanol–water partition coefficient (Wildman–Crippen LogP) is 3.55. The summed E-state index contributed by atoms with van der Waals surface area (Å²) in [5.41, 5.74) is 1.04. The van der Waals surface area contributed by atoms with Gasteiger partial charge in [0.15, 0.2) is 0 Å². The highest BCUT2D eigenvalue weighted by molar-refractivity contribution is 6.34. The van der Waals surface area contributed by atoms with Crippen LogP contribution in [0.15, 0.2) is 30.5 Å². The van der Waals surface area contributed by atoms with Crippen molar-refractivity contribution in [1.82, 2.24) is 4.98 Å². The summed E-state index contributed by atoms with van der Waals surface area (Å²) >= 11 is 12.0. The SMILES string of the molecule is CNc1ncc(C(=O)Nc2cc(C#N)ccc2Cl)cc1Cl. The zero-order valence-electron chi connectivity index (χ0n) is 10.9. The number of nitriles is 1. The Morgan fingerprint density at radius 2 is 2.05 bits per heavy atom. The lowest BCUT2D eigenvalue weighted by atomic mass is 10.2. The van der Waals surface area contributed by atoms with Gasteiger partial charge in [-0.3, -0.25) is 4.79 Å². The number of carbonyl (C=O) groups is 1. The first-order valence-electron chi connectivity index (χ1n) is 5.89. The molecule has 1 aromatic heterocycles. The van der Waals surface area contributed by atoms with Crippen LogP contribution in [0.3, 0.4) is 0 Å². The van der Waals surface area contributed by atoms with E-state index in [1.807, 2.05) is 6.07 Å². The Labute approximate surface area is 131 Å². The van der Waals surface area contributed by atoms with E-state index in [2.05, 4.69) is 15.6 Å². The maximum absolute atomic E-state index is 12.1. The first kappa shape index (κ1) is 15.1. The van der Waals surface area contributed by atoms with E-state index in [9.17, 15) is 4.79 Å². The topological polar surface area (TPSA) is 77.8 Å². The van der Waals surface area contributed by atoms with Gasteiger partial charge in [-0.15, -0.1) is 0 Å². The molecular weight excluding hydrogens is 311 g/mol. The van der Waals surface area contributed by atoms with Gasteiger partial charge in [-0.05, 0) is 24.3 Å². The number of aromatic nitrogens is 1. The first-order valence-corrected chi connectivity index (χ1v) is 6.65. The van der Waals surface area contributed by atoms with E-state index in [1.54, 1.807) is 19.2 Å². The molecule has 2 aromatic rings. The Morgan fingerprint density at radius 1 is 1.29 bits per heavy atom. The lowest BCUT2D eigenvalue weighted by Crippen LogP contribution is -2.13. The average molecular weight is 321 g/mol. The molecule has 7 heteroatoms. The minimum Gasteiger partial charge on any atom is -0.372 e.